The molecule has 1 saturated carbocycles. The van der Waals surface area contributed by atoms with E-state index in [1.54, 1.807) is 0 Å². The third kappa shape index (κ3) is 3.15. The van der Waals surface area contributed by atoms with E-state index >= 15 is 0 Å². The Kier molecular flexibility index (Phi) is 4.55. The van der Waals surface area contributed by atoms with Crippen LogP contribution in [-0.2, 0) is 4.74 Å². The summed E-state index contributed by atoms with van der Waals surface area (Å²) in [6.07, 6.45) is 5.16. The fourth-order valence-electron chi connectivity index (χ4n) is 1.75. The van der Waals surface area contributed by atoms with E-state index in [1.807, 2.05) is 11.4 Å². The van der Waals surface area contributed by atoms with Crippen molar-refractivity contribution in [3.63, 3.8) is 0 Å². The molecule has 1 aromatic heterocycles. The summed E-state index contributed by atoms with van der Waals surface area (Å²) in [4.78, 5) is 12.5. The fourth-order valence-corrected chi connectivity index (χ4v) is 3.27. The summed E-state index contributed by atoms with van der Waals surface area (Å²) in [7, 11) is 0. The van der Waals surface area contributed by atoms with Crippen LogP contribution in [0.15, 0.2) is 15.9 Å². The van der Waals surface area contributed by atoms with Crippen LogP contribution in [0.3, 0.4) is 0 Å². The molecule has 0 spiro atoms. The van der Waals surface area contributed by atoms with Gasteiger partial charge in [0.1, 0.15) is 6.61 Å². The molecule has 0 atom stereocenters. The number of ether oxygens (including phenoxy) is 1. The van der Waals surface area contributed by atoms with Gasteiger partial charge in [0.2, 0.25) is 0 Å². The van der Waals surface area contributed by atoms with E-state index < -0.39 is 0 Å². The predicted octanol–water partition coefficient (Wildman–Crippen LogP) is 3.90. The van der Waals surface area contributed by atoms with Crippen LogP contribution in [-0.4, -0.2) is 19.0 Å². The molecule has 0 unspecified atom stereocenters. The van der Waals surface area contributed by atoms with E-state index in [-0.39, 0.29) is 12.4 Å². The van der Waals surface area contributed by atoms with Crippen LogP contribution in [0, 0.1) is 5.92 Å². The highest BCUT2D eigenvalue weighted by Gasteiger charge is 2.17. The molecule has 0 bridgehead atoms. The van der Waals surface area contributed by atoms with Gasteiger partial charge in [0.05, 0.1) is 4.88 Å². The second-order valence-electron chi connectivity index (χ2n) is 4.16. The number of rotatable bonds is 6. The van der Waals surface area contributed by atoms with E-state index in [4.69, 9.17) is 4.74 Å². The Hall–Kier alpha value is -0.190. The maximum Gasteiger partial charge on any atom is 0.199 e. The average Bonchev–Trinajstić information content (AvgIpc) is 2.61. The SMILES string of the molecule is O=C(COCCC1CCC1)c1sccc1Br. The van der Waals surface area contributed by atoms with Crippen molar-refractivity contribution < 1.29 is 9.53 Å². The van der Waals surface area contributed by atoms with Gasteiger partial charge in [-0.1, -0.05) is 19.3 Å². The van der Waals surface area contributed by atoms with Crippen LogP contribution >= 0.6 is 27.3 Å². The summed E-state index contributed by atoms with van der Waals surface area (Å²) in [5.74, 6) is 0.930. The minimum atomic E-state index is 0.0792. The van der Waals surface area contributed by atoms with Gasteiger partial charge < -0.3 is 4.74 Å². The first-order valence-electron chi connectivity index (χ1n) is 5.61. The highest BCUT2D eigenvalue weighted by atomic mass is 79.9. The van der Waals surface area contributed by atoms with Crippen LogP contribution in [0.2, 0.25) is 0 Å². The van der Waals surface area contributed by atoms with Gasteiger partial charge in [-0.3, -0.25) is 4.79 Å². The molecule has 1 fully saturated rings. The molecule has 2 rings (SSSR count). The molecule has 1 aromatic rings. The quantitative estimate of drug-likeness (QED) is 0.588. The van der Waals surface area contributed by atoms with E-state index in [1.165, 1.54) is 30.6 Å². The summed E-state index contributed by atoms with van der Waals surface area (Å²) in [6.45, 7) is 0.936. The topological polar surface area (TPSA) is 26.3 Å². The molecular weight excluding hydrogens is 288 g/mol. The first-order chi connectivity index (χ1) is 7.77. The summed E-state index contributed by atoms with van der Waals surface area (Å²) in [5.41, 5.74) is 0. The Labute approximate surface area is 108 Å². The monoisotopic (exact) mass is 302 g/mol. The van der Waals surface area contributed by atoms with Crippen molar-refractivity contribution in [2.24, 2.45) is 5.92 Å². The Bertz CT molecular complexity index is 358. The molecule has 88 valence electrons. The van der Waals surface area contributed by atoms with Crippen molar-refractivity contribution in [3.05, 3.63) is 20.8 Å². The maximum absolute atomic E-state index is 11.7. The number of ketones is 1. The van der Waals surface area contributed by atoms with Crippen LogP contribution in [0.1, 0.15) is 35.4 Å². The summed E-state index contributed by atoms with van der Waals surface area (Å²) < 4.78 is 6.30. The molecule has 0 N–H and O–H groups in total. The lowest BCUT2D eigenvalue weighted by molar-refractivity contribution is 0.0708. The molecule has 16 heavy (non-hydrogen) atoms. The van der Waals surface area contributed by atoms with Gasteiger partial charge in [-0.25, -0.2) is 0 Å². The standard InChI is InChI=1S/C12H15BrO2S/c13-10-5-7-16-12(10)11(14)8-15-6-4-9-2-1-3-9/h5,7,9H,1-4,6,8H2. The Morgan fingerprint density at radius 1 is 1.56 bits per heavy atom. The number of halogens is 1. The van der Waals surface area contributed by atoms with Gasteiger partial charge in [-0.15, -0.1) is 11.3 Å². The van der Waals surface area contributed by atoms with Gasteiger partial charge in [0.15, 0.2) is 5.78 Å². The van der Waals surface area contributed by atoms with Gasteiger partial charge in [-0.05, 0) is 39.7 Å². The zero-order valence-electron chi connectivity index (χ0n) is 9.08. The van der Waals surface area contributed by atoms with Crippen molar-refractivity contribution in [3.8, 4) is 0 Å². The number of thiophene rings is 1. The number of carbonyl (C=O) groups is 1. The van der Waals surface area contributed by atoms with Gasteiger partial charge in [-0.2, -0.15) is 0 Å². The molecule has 1 aliphatic carbocycles. The smallest absolute Gasteiger partial charge is 0.199 e. The van der Waals surface area contributed by atoms with Crippen molar-refractivity contribution in [1.82, 2.24) is 0 Å². The Morgan fingerprint density at radius 3 is 2.94 bits per heavy atom. The second kappa shape index (κ2) is 5.94. The average molecular weight is 303 g/mol. The molecule has 0 aliphatic heterocycles. The van der Waals surface area contributed by atoms with E-state index in [2.05, 4.69) is 15.9 Å². The molecule has 0 radical (unpaired) electrons. The van der Waals surface area contributed by atoms with E-state index in [0.29, 0.717) is 0 Å². The first-order valence-corrected chi connectivity index (χ1v) is 7.28. The Balaban J connectivity index is 1.65. The molecule has 1 heterocycles. The number of carbonyl (C=O) groups excluding carboxylic acids is 1. The number of hydrogen-bond donors (Lipinski definition) is 0. The predicted molar refractivity (Wildman–Crippen MR) is 69.1 cm³/mol. The zero-order valence-corrected chi connectivity index (χ0v) is 11.5. The highest BCUT2D eigenvalue weighted by Crippen LogP contribution is 2.29. The van der Waals surface area contributed by atoms with Gasteiger partial charge in [0.25, 0.3) is 0 Å². The third-order valence-electron chi connectivity index (χ3n) is 3.00. The normalized spacial score (nSPS) is 16.1. The molecular formula is C12H15BrO2S. The summed E-state index contributed by atoms with van der Waals surface area (Å²) in [5, 5.41) is 1.91. The minimum Gasteiger partial charge on any atom is -0.373 e. The van der Waals surface area contributed by atoms with Crippen LogP contribution in [0.25, 0.3) is 0 Å². The highest BCUT2D eigenvalue weighted by molar-refractivity contribution is 9.10. The van der Waals surface area contributed by atoms with E-state index in [9.17, 15) is 4.79 Å². The third-order valence-corrected chi connectivity index (χ3v) is 4.88. The second-order valence-corrected chi connectivity index (χ2v) is 5.93. The lowest BCUT2D eigenvalue weighted by Gasteiger charge is -2.24. The molecule has 0 saturated heterocycles. The van der Waals surface area contributed by atoms with Crippen molar-refractivity contribution >= 4 is 33.0 Å². The maximum atomic E-state index is 11.7. The lowest BCUT2D eigenvalue weighted by Crippen LogP contribution is -2.15. The van der Waals surface area contributed by atoms with Crippen LogP contribution in [0.4, 0.5) is 0 Å². The fraction of sp³-hybridized carbons (Fsp3) is 0.583. The van der Waals surface area contributed by atoms with Crippen LogP contribution < -0.4 is 0 Å². The van der Waals surface area contributed by atoms with Crippen molar-refractivity contribution in [2.75, 3.05) is 13.2 Å². The van der Waals surface area contributed by atoms with E-state index in [0.717, 1.165) is 28.3 Å². The minimum absolute atomic E-state index is 0.0792. The largest absolute Gasteiger partial charge is 0.373 e. The molecule has 0 amide bonds. The Morgan fingerprint density at radius 2 is 2.38 bits per heavy atom. The molecule has 2 nitrogen and oxygen atoms in total. The first kappa shape index (κ1) is 12.3. The molecule has 0 aromatic carbocycles. The van der Waals surface area contributed by atoms with Crippen molar-refractivity contribution in [2.45, 2.75) is 25.7 Å². The summed E-state index contributed by atoms with van der Waals surface area (Å²) in [6, 6.07) is 1.90. The van der Waals surface area contributed by atoms with Crippen LogP contribution in [0.5, 0.6) is 0 Å². The van der Waals surface area contributed by atoms with Gasteiger partial charge in [0, 0.05) is 11.1 Å². The van der Waals surface area contributed by atoms with Gasteiger partial charge >= 0.3 is 0 Å². The zero-order chi connectivity index (χ0) is 11.4. The molecule has 1 aliphatic rings. The number of Topliss-reactive ketones (excluding diaryl/α,β-unsaturated/α-hetero) is 1. The number of hydrogen-bond acceptors (Lipinski definition) is 3. The lowest BCUT2D eigenvalue weighted by atomic mass is 9.83. The summed E-state index contributed by atoms with van der Waals surface area (Å²) >= 11 is 4.81. The molecule has 4 heteroatoms. The van der Waals surface area contributed by atoms with Crippen molar-refractivity contribution in [1.29, 1.82) is 0 Å².